The summed E-state index contributed by atoms with van der Waals surface area (Å²) in [6, 6.07) is 7.97. The summed E-state index contributed by atoms with van der Waals surface area (Å²) >= 11 is 1.68. The van der Waals surface area contributed by atoms with Crippen LogP contribution in [0.1, 0.15) is 17.4 Å². The van der Waals surface area contributed by atoms with Gasteiger partial charge in [0.15, 0.2) is 0 Å². The number of aromatic nitrogens is 1. The first-order valence-electron chi connectivity index (χ1n) is 5.68. The highest BCUT2D eigenvalue weighted by Gasteiger charge is 2.13. The summed E-state index contributed by atoms with van der Waals surface area (Å²) in [5.41, 5.74) is 4.92. The maximum atomic E-state index is 5.62. The molecular formula is C13H13N3OS. The summed E-state index contributed by atoms with van der Waals surface area (Å²) in [5, 5.41) is 2.04. The standard InChI is InChI=1S/C13H13N3OS/c14-16-12(7-10-2-1-4-17-10)9-6-13-11(15-8-9)3-5-18-13/h1-6,8,12,16H,7,14H2. The van der Waals surface area contributed by atoms with Crippen LogP contribution in [-0.4, -0.2) is 4.98 Å². The number of hydrogen-bond donors (Lipinski definition) is 2. The van der Waals surface area contributed by atoms with E-state index < -0.39 is 0 Å². The first-order chi connectivity index (χ1) is 8.86. The fraction of sp³-hybridized carbons (Fsp3) is 0.154. The summed E-state index contributed by atoms with van der Waals surface area (Å²) < 4.78 is 6.52. The van der Waals surface area contributed by atoms with E-state index in [1.54, 1.807) is 17.6 Å². The van der Waals surface area contributed by atoms with Crippen molar-refractivity contribution < 1.29 is 4.42 Å². The molecule has 0 spiro atoms. The van der Waals surface area contributed by atoms with Crippen molar-refractivity contribution in [1.82, 2.24) is 10.4 Å². The predicted octanol–water partition coefficient (Wildman–Crippen LogP) is 2.64. The molecule has 92 valence electrons. The molecule has 3 heterocycles. The Bertz CT molecular complexity index is 633. The van der Waals surface area contributed by atoms with Crippen molar-refractivity contribution in [3.8, 4) is 0 Å². The lowest BCUT2D eigenvalue weighted by Gasteiger charge is -2.14. The van der Waals surface area contributed by atoms with Crippen molar-refractivity contribution in [2.24, 2.45) is 5.84 Å². The second kappa shape index (κ2) is 4.89. The van der Waals surface area contributed by atoms with E-state index in [4.69, 9.17) is 10.3 Å². The van der Waals surface area contributed by atoms with Gasteiger partial charge in [0.05, 0.1) is 22.5 Å². The molecule has 0 aliphatic heterocycles. The van der Waals surface area contributed by atoms with Crippen LogP contribution < -0.4 is 11.3 Å². The van der Waals surface area contributed by atoms with Crippen molar-refractivity contribution in [3.63, 3.8) is 0 Å². The molecule has 1 unspecified atom stereocenters. The Morgan fingerprint density at radius 1 is 1.44 bits per heavy atom. The minimum Gasteiger partial charge on any atom is -0.469 e. The highest BCUT2D eigenvalue weighted by Crippen LogP contribution is 2.24. The van der Waals surface area contributed by atoms with E-state index >= 15 is 0 Å². The van der Waals surface area contributed by atoms with Gasteiger partial charge in [-0.2, -0.15) is 0 Å². The lowest BCUT2D eigenvalue weighted by Crippen LogP contribution is -2.29. The maximum absolute atomic E-state index is 5.62. The second-order valence-electron chi connectivity index (χ2n) is 4.08. The molecule has 3 aromatic rings. The van der Waals surface area contributed by atoms with E-state index in [9.17, 15) is 0 Å². The van der Waals surface area contributed by atoms with Gasteiger partial charge in [-0.1, -0.05) is 0 Å². The molecule has 3 aromatic heterocycles. The molecule has 0 bridgehead atoms. The molecule has 0 fully saturated rings. The van der Waals surface area contributed by atoms with Gasteiger partial charge in [0.2, 0.25) is 0 Å². The van der Waals surface area contributed by atoms with Crippen LogP contribution in [0.2, 0.25) is 0 Å². The molecule has 0 saturated heterocycles. The van der Waals surface area contributed by atoms with Crippen LogP contribution in [0.5, 0.6) is 0 Å². The average molecular weight is 259 g/mol. The molecule has 3 rings (SSSR count). The first-order valence-corrected chi connectivity index (χ1v) is 6.56. The monoisotopic (exact) mass is 259 g/mol. The number of fused-ring (bicyclic) bond motifs is 1. The molecule has 0 aliphatic carbocycles. The van der Waals surface area contributed by atoms with Crippen LogP contribution in [0.15, 0.2) is 46.5 Å². The Morgan fingerprint density at radius 2 is 2.39 bits per heavy atom. The third kappa shape index (κ3) is 2.15. The van der Waals surface area contributed by atoms with Crippen LogP contribution in [-0.2, 0) is 6.42 Å². The number of hydrazine groups is 1. The molecule has 18 heavy (non-hydrogen) atoms. The zero-order valence-corrected chi connectivity index (χ0v) is 10.5. The topological polar surface area (TPSA) is 64.1 Å². The zero-order valence-electron chi connectivity index (χ0n) is 9.67. The molecule has 0 amide bonds. The molecule has 0 aromatic carbocycles. The third-order valence-corrected chi connectivity index (χ3v) is 3.77. The predicted molar refractivity (Wildman–Crippen MR) is 72.1 cm³/mol. The normalized spacial score (nSPS) is 12.9. The molecule has 3 N–H and O–H groups in total. The van der Waals surface area contributed by atoms with E-state index in [2.05, 4.69) is 16.5 Å². The number of nitrogens with zero attached hydrogens (tertiary/aromatic N) is 1. The number of pyridine rings is 1. The van der Waals surface area contributed by atoms with Crippen LogP contribution in [0, 0.1) is 0 Å². The van der Waals surface area contributed by atoms with Gasteiger partial charge in [0.25, 0.3) is 0 Å². The van der Waals surface area contributed by atoms with Gasteiger partial charge in [-0.15, -0.1) is 11.3 Å². The Hall–Kier alpha value is -1.69. The molecule has 5 heteroatoms. The second-order valence-corrected chi connectivity index (χ2v) is 5.02. The Labute approximate surface area is 108 Å². The number of furan rings is 1. The van der Waals surface area contributed by atoms with Crippen LogP contribution in [0.3, 0.4) is 0 Å². The summed E-state index contributed by atoms with van der Waals surface area (Å²) in [6.45, 7) is 0. The van der Waals surface area contributed by atoms with Gasteiger partial charge in [-0.25, -0.2) is 0 Å². The number of rotatable bonds is 4. The van der Waals surface area contributed by atoms with Gasteiger partial charge in [0.1, 0.15) is 5.76 Å². The van der Waals surface area contributed by atoms with Gasteiger partial charge in [-0.05, 0) is 35.2 Å². The summed E-state index contributed by atoms with van der Waals surface area (Å²) in [4.78, 5) is 4.42. The number of hydrogen-bond acceptors (Lipinski definition) is 5. The van der Waals surface area contributed by atoms with Crippen molar-refractivity contribution in [3.05, 3.63) is 53.4 Å². The summed E-state index contributed by atoms with van der Waals surface area (Å²) in [6.07, 6.45) is 4.24. The number of thiophene rings is 1. The quantitative estimate of drug-likeness (QED) is 0.558. The summed E-state index contributed by atoms with van der Waals surface area (Å²) in [5.74, 6) is 6.53. The van der Waals surface area contributed by atoms with Crippen LogP contribution in [0.4, 0.5) is 0 Å². The Morgan fingerprint density at radius 3 is 3.17 bits per heavy atom. The molecule has 4 nitrogen and oxygen atoms in total. The fourth-order valence-electron chi connectivity index (χ4n) is 1.96. The van der Waals surface area contributed by atoms with E-state index in [1.165, 1.54) is 4.70 Å². The lowest BCUT2D eigenvalue weighted by molar-refractivity contribution is 0.454. The maximum Gasteiger partial charge on any atom is 0.105 e. The van der Waals surface area contributed by atoms with E-state index in [0.29, 0.717) is 6.42 Å². The van der Waals surface area contributed by atoms with E-state index in [1.807, 2.05) is 29.8 Å². The lowest BCUT2D eigenvalue weighted by atomic mass is 10.1. The average Bonchev–Trinajstić information content (AvgIpc) is 3.06. The Kier molecular flexibility index (Phi) is 3.10. The fourth-order valence-corrected chi connectivity index (χ4v) is 2.74. The minimum absolute atomic E-state index is 0.00940. The molecule has 0 radical (unpaired) electrons. The highest BCUT2D eigenvalue weighted by molar-refractivity contribution is 7.17. The largest absolute Gasteiger partial charge is 0.469 e. The van der Waals surface area contributed by atoms with Crippen molar-refractivity contribution >= 4 is 21.6 Å². The number of nitrogens with one attached hydrogen (secondary N) is 1. The zero-order chi connectivity index (χ0) is 12.4. The van der Waals surface area contributed by atoms with Gasteiger partial charge >= 0.3 is 0 Å². The number of nitrogens with two attached hydrogens (primary N) is 1. The van der Waals surface area contributed by atoms with Crippen LogP contribution in [0.25, 0.3) is 10.2 Å². The van der Waals surface area contributed by atoms with Crippen LogP contribution >= 0.6 is 11.3 Å². The third-order valence-electron chi connectivity index (χ3n) is 2.91. The smallest absolute Gasteiger partial charge is 0.105 e. The van der Waals surface area contributed by atoms with E-state index in [0.717, 1.165) is 16.8 Å². The van der Waals surface area contributed by atoms with Gasteiger partial charge in [-0.3, -0.25) is 16.3 Å². The Balaban J connectivity index is 1.90. The van der Waals surface area contributed by atoms with E-state index in [-0.39, 0.29) is 6.04 Å². The molecule has 0 aliphatic rings. The van der Waals surface area contributed by atoms with Crippen molar-refractivity contribution in [1.29, 1.82) is 0 Å². The molecular weight excluding hydrogens is 246 g/mol. The molecule has 1 atom stereocenters. The van der Waals surface area contributed by atoms with Gasteiger partial charge < -0.3 is 4.42 Å². The summed E-state index contributed by atoms with van der Waals surface area (Å²) in [7, 11) is 0. The van der Waals surface area contributed by atoms with Gasteiger partial charge in [0, 0.05) is 12.6 Å². The minimum atomic E-state index is 0.00940. The molecule has 0 saturated carbocycles. The van der Waals surface area contributed by atoms with Crippen molar-refractivity contribution in [2.45, 2.75) is 12.5 Å². The SMILES string of the molecule is NNC(Cc1ccco1)c1cnc2ccsc2c1. The highest BCUT2D eigenvalue weighted by atomic mass is 32.1. The van der Waals surface area contributed by atoms with Crippen molar-refractivity contribution in [2.75, 3.05) is 0 Å². The first kappa shape index (κ1) is 11.4.